The molecule has 122 valence electrons. The quantitative estimate of drug-likeness (QED) is 0.676. The Morgan fingerprint density at radius 2 is 2.00 bits per heavy atom. The summed E-state index contributed by atoms with van der Waals surface area (Å²) in [5.41, 5.74) is 1.78. The lowest BCUT2D eigenvalue weighted by Crippen LogP contribution is -2.07. The molecule has 0 bridgehead atoms. The Morgan fingerprint density at radius 3 is 2.67 bits per heavy atom. The van der Waals surface area contributed by atoms with E-state index in [0.29, 0.717) is 17.1 Å². The number of halogens is 2. The number of rotatable bonds is 4. The number of aromatic nitrogens is 3. The third-order valence-electron chi connectivity index (χ3n) is 3.36. The van der Waals surface area contributed by atoms with Gasteiger partial charge in [0.1, 0.15) is 23.1 Å². The molecule has 0 radical (unpaired) electrons. The van der Waals surface area contributed by atoms with Gasteiger partial charge in [0.15, 0.2) is 0 Å². The lowest BCUT2D eigenvalue weighted by atomic mass is 10.2. The Hall–Kier alpha value is -2.73. The van der Waals surface area contributed by atoms with E-state index in [1.165, 1.54) is 28.9 Å². The van der Waals surface area contributed by atoms with E-state index in [-0.39, 0.29) is 23.1 Å². The highest BCUT2D eigenvalue weighted by Crippen LogP contribution is 2.24. The van der Waals surface area contributed by atoms with E-state index in [4.69, 9.17) is 16.3 Å². The predicted octanol–water partition coefficient (Wildman–Crippen LogP) is 3.73. The van der Waals surface area contributed by atoms with E-state index in [9.17, 15) is 9.18 Å². The third-order valence-corrected chi connectivity index (χ3v) is 3.71. The number of benzene rings is 1. The monoisotopic (exact) mass is 345 g/mol. The number of aryl methyl sites for hydroxylation is 1. The van der Waals surface area contributed by atoms with E-state index in [1.807, 2.05) is 0 Å². The molecule has 5 nitrogen and oxygen atoms in total. The number of carbonyl (C=O) groups excluding carboxylic acids is 1. The van der Waals surface area contributed by atoms with E-state index < -0.39 is 5.97 Å². The largest absolute Gasteiger partial charge is 0.455 e. The smallest absolute Gasteiger partial charge is 0.343 e. The zero-order valence-corrected chi connectivity index (χ0v) is 13.5. The molecule has 2 aromatic heterocycles. The molecule has 24 heavy (non-hydrogen) atoms. The van der Waals surface area contributed by atoms with Gasteiger partial charge in [0.2, 0.25) is 0 Å². The number of pyridine rings is 1. The summed E-state index contributed by atoms with van der Waals surface area (Å²) in [5, 5.41) is 4.35. The van der Waals surface area contributed by atoms with Crippen LogP contribution in [0.3, 0.4) is 0 Å². The molecular formula is C17H13ClFN3O2. The maximum absolute atomic E-state index is 13.0. The van der Waals surface area contributed by atoms with Crippen molar-refractivity contribution < 1.29 is 13.9 Å². The molecule has 0 aliphatic heterocycles. The molecule has 2 heterocycles. The Labute approximate surface area is 142 Å². The second-order valence-electron chi connectivity index (χ2n) is 5.04. The summed E-state index contributed by atoms with van der Waals surface area (Å²) < 4.78 is 19.6. The van der Waals surface area contributed by atoms with Crippen LogP contribution in [0, 0.1) is 12.7 Å². The zero-order chi connectivity index (χ0) is 17.1. The molecule has 0 amide bonds. The van der Waals surface area contributed by atoms with Gasteiger partial charge >= 0.3 is 5.97 Å². The normalized spacial score (nSPS) is 10.6. The second-order valence-corrected chi connectivity index (χ2v) is 5.39. The number of ether oxygens (including phenoxy) is 1. The fraction of sp³-hybridized carbons (Fsp3) is 0.118. The van der Waals surface area contributed by atoms with Crippen LogP contribution in [0.5, 0.6) is 0 Å². The van der Waals surface area contributed by atoms with E-state index in [2.05, 4.69) is 10.1 Å². The first-order chi connectivity index (χ1) is 11.6. The van der Waals surface area contributed by atoms with Crippen molar-refractivity contribution in [3.8, 4) is 5.69 Å². The maximum Gasteiger partial charge on any atom is 0.343 e. The Balaban J connectivity index is 1.83. The zero-order valence-electron chi connectivity index (χ0n) is 12.7. The minimum absolute atomic E-state index is 0.0389. The summed E-state index contributed by atoms with van der Waals surface area (Å²) in [4.78, 5) is 16.4. The molecule has 0 atom stereocenters. The molecule has 0 saturated carbocycles. The standard InChI is InChI=1S/C17H13ClFN3O2/c1-11-15(17(23)24-10-13-4-2-3-9-20-13)16(18)22(21-11)14-7-5-12(19)6-8-14/h2-9H,10H2,1H3. The van der Waals surface area contributed by atoms with Crippen molar-refractivity contribution in [2.75, 3.05) is 0 Å². The fourth-order valence-electron chi connectivity index (χ4n) is 2.18. The Kier molecular flexibility index (Phi) is 4.57. The first kappa shape index (κ1) is 16.1. The second kappa shape index (κ2) is 6.80. The van der Waals surface area contributed by atoms with Crippen LogP contribution in [0.4, 0.5) is 4.39 Å². The number of carbonyl (C=O) groups is 1. The topological polar surface area (TPSA) is 57.0 Å². The lowest BCUT2D eigenvalue weighted by Gasteiger charge is -2.05. The van der Waals surface area contributed by atoms with Crippen LogP contribution in [0.1, 0.15) is 21.7 Å². The first-order valence-electron chi connectivity index (χ1n) is 7.14. The molecule has 0 fully saturated rings. The minimum Gasteiger partial charge on any atom is -0.455 e. The molecule has 0 aliphatic carbocycles. The number of hydrogen-bond acceptors (Lipinski definition) is 4. The molecule has 0 saturated heterocycles. The Morgan fingerprint density at radius 1 is 1.25 bits per heavy atom. The Bertz CT molecular complexity index is 864. The molecule has 3 rings (SSSR count). The van der Waals surface area contributed by atoms with Crippen molar-refractivity contribution in [1.29, 1.82) is 0 Å². The van der Waals surface area contributed by atoms with Crippen molar-refractivity contribution in [1.82, 2.24) is 14.8 Å². The van der Waals surface area contributed by atoms with E-state index in [0.717, 1.165) is 0 Å². The van der Waals surface area contributed by atoms with Crippen LogP contribution >= 0.6 is 11.6 Å². The highest BCUT2D eigenvalue weighted by molar-refractivity contribution is 6.33. The maximum atomic E-state index is 13.0. The van der Waals surface area contributed by atoms with Gasteiger partial charge in [-0.1, -0.05) is 17.7 Å². The number of esters is 1. The SMILES string of the molecule is Cc1nn(-c2ccc(F)cc2)c(Cl)c1C(=O)OCc1ccccn1. The van der Waals surface area contributed by atoms with Gasteiger partial charge < -0.3 is 4.74 Å². The summed E-state index contributed by atoms with van der Waals surface area (Å²) in [7, 11) is 0. The molecule has 0 unspecified atom stereocenters. The van der Waals surface area contributed by atoms with Crippen molar-refractivity contribution >= 4 is 17.6 Å². The van der Waals surface area contributed by atoms with Gasteiger partial charge in [0.25, 0.3) is 0 Å². The third kappa shape index (κ3) is 3.28. The molecular weight excluding hydrogens is 333 g/mol. The average molecular weight is 346 g/mol. The van der Waals surface area contributed by atoms with Crippen molar-refractivity contribution in [3.05, 3.63) is 76.6 Å². The van der Waals surface area contributed by atoms with Gasteiger partial charge in [-0.3, -0.25) is 4.98 Å². The summed E-state index contributed by atoms with van der Waals surface area (Å²) in [6.45, 7) is 1.69. The summed E-state index contributed by atoms with van der Waals surface area (Å²) in [5.74, 6) is -0.953. The number of hydrogen-bond donors (Lipinski definition) is 0. The molecule has 3 aromatic rings. The first-order valence-corrected chi connectivity index (χ1v) is 7.52. The van der Waals surface area contributed by atoms with Gasteiger partial charge in [-0.15, -0.1) is 0 Å². The summed E-state index contributed by atoms with van der Waals surface area (Å²) in [6.07, 6.45) is 1.62. The van der Waals surface area contributed by atoms with Gasteiger partial charge in [-0.2, -0.15) is 5.10 Å². The van der Waals surface area contributed by atoms with Gasteiger partial charge in [0, 0.05) is 6.20 Å². The van der Waals surface area contributed by atoms with Gasteiger partial charge in [-0.25, -0.2) is 13.9 Å². The van der Waals surface area contributed by atoms with Crippen LogP contribution in [-0.4, -0.2) is 20.7 Å². The van der Waals surface area contributed by atoms with Crippen molar-refractivity contribution in [2.24, 2.45) is 0 Å². The van der Waals surface area contributed by atoms with Crippen LogP contribution in [0.2, 0.25) is 5.15 Å². The van der Waals surface area contributed by atoms with Gasteiger partial charge in [-0.05, 0) is 43.3 Å². The molecule has 1 aromatic carbocycles. The molecule has 7 heteroatoms. The predicted molar refractivity (Wildman–Crippen MR) is 86.6 cm³/mol. The van der Waals surface area contributed by atoms with Crippen molar-refractivity contribution in [2.45, 2.75) is 13.5 Å². The van der Waals surface area contributed by atoms with Crippen LogP contribution in [0.15, 0.2) is 48.7 Å². The molecule has 0 aliphatic rings. The van der Waals surface area contributed by atoms with Crippen molar-refractivity contribution in [3.63, 3.8) is 0 Å². The van der Waals surface area contributed by atoms with Crippen LogP contribution < -0.4 is 0 Å². The van der Waals surface area contributed by atoms with Gasteiger partial charge in [0.05, 0.1) is 17.1 Å². The van der Waals surface area contributed by atoms with E-state index in [1.54, 1.807) is 31.3 Å². The highest BCUT2D eigenvalue weighted by Gasteiger charge is 2.22. The van der Waals surface area contributed by atoms with E-state index >= 15 is 0 Å². The molecule has 0 spiro atoms. The average Bonchev–Trinajstić information content (AvgIpc) is 2.89. The molecule has 0 N–H and O–H groups in total. The lowest BCUT2D eigenvalue weighted by molar-refractivity contribution is 0.0467. The summed E-state index contributed by atoms with van der Waals surface area (Å²) >= 11 is 6.27. The van der Waals surface area contributed by atoms with Crippen LogP contribution in [0.25, 0.3) is 5.69 Å². The number of nitrogens with zero attached hydrogens (tertiary/aromatic N) is 3. The highest BCUT2D eigenvalue weighted by atomic mass is 35.5. The van der Waals surface area contributed by atoms with Crippen LogP contribution in [-0.2, 0) is 11.3 Å². The fourth-order valence-corrected chi connectivity index (χ4v) is 2.53. The minimum atomic E-state index is -0.587. The summed E-state index contributed by atoms with van der Waals surface area (Å²) in [6, 6.07) is 11.0.